The first kappa shape index (κ1) is 14.4. The van der Waals surface area contributed by atoms with Crippen molar-refractivity contribution in [3.63, 3.8) is 0 Å². The third kappa shape index (κ3) is 4.92. The van der Waals surface area contributed by atoms with Crippen LogP contribution in [0.2, 0.25) is 0 Å². The molecule has 1 heterocycles. The van der Waals surface area contributed by atoms with E-state index in [0.29, 0.717) is 0 Å². The van der Waals surface area contributed by atoms with Gasteiger partial charge in [0.05, 0.1) is 6.61 Å². The molecule has 0 aliphatic carbocycles. The highest BCUT2D eigenvalue weighted by Crippen LogP contribution is 2.16. The Morgan fingerprint density at radius 3 is 2.65 bits per heavy atom. The largest absolute Gasteiger partial charge is 0.494 e. The predicted molar refractivity (Wildman–Crippen MR) is 83.0 cm³/mol. The summed E-state index contributed by atoms with van der Waals surface area (Å²) >= 11 is 0. The van der Waals surface area contributed by atoms with E-state index in [4.69, 9.17) is 4.74 Å². The molecule has 2 rings (SSSR count). The molecule has 0 saturated heterocycles. The van der Waals surface area contributed by atoms with Gasteiger partial charge >= 0.3 is 0 Å². The molecule has 0 fully saturated rings. The van der Waals surface area contributed by atoms with Crippen molar-refractivity contribution in [1.29, 1.82) is 0 Å². The zero-order valence-electron chi connectivity index (χ0n) is 12.0. The fourth-order valence-electron chi connectivity index (χ4n) is 1.92. The fourth-order valence-corrected chi connectivity index (χ4v) is 1.92. The molecule has 1 N–H and O–H groups in total. The van der Waals surface area contributed by atoms with E-state index in [2.05, 4.69) is 23.3 Å². The van der Waals surface area contributed by atoms with Gasteiger partial charge in [-0.05, 0) is 42.3 Å². The van der Waals surface area contributed by atoms with Crippen LogP contribution in [0.5, 0.6) is 5.75 Å². The molecule has 1 aromatic carbocycles. The molecular weight excluding hydrogens is 248 g/mol. The maximum atomic E-state index is 5.69. The SMILES string of the molecule is CCCCCOc1ccc(NCc2cccnc2)cc1. The molecule has 2 aromatic rings. The number of rotatable bonds is 8. The molecule has 106 valence electrons. The van der Waals surface area contributed by atoms with Crippen molar-refractivity contribution in [2.24, 2.45) is 0 Å². The van der Waals surface area contributed by atoms with Crippen molar-refractivity contribution < 1.29 is 4.74 Å². The number of hydrogen-bond donors (Lipinski definition) is 1. The number of hydrogen-bond acceptors (Lipinski definition) is 3. The van der Waals surface area contributed by atoms with Crippen LogP contribution in [0.1, 0.15) is 31.7 Å². The van der Waals surface area contributed by atoms with Crippen LogP contribution in [0.25, 0.3) is 0 Å². The van der Waals surface area contributed by atoms with Gasteiger partial charge in [-0.25, -0.2) is 0 Å². The first-order chi connectivity index (χ1) is 9.88. The van der Waals surface area contributed by atoms with Crippen LogP contribution in [0.4, 0.5) is 5.69 Å². The van der Waals surface area contributed by atoms with Gasteiger partial charge in [0.1, 0.15) is 5.75 Å². The molecule has 0 unspecified atom stereocenters. The van der Waals surface area contributed by atoms with Crippen LogP contribution < -0.4 is 10.1 Å². The number of ether oxygens (including phenoxy) is 1. The number of benzene rings is 1. The third-order valence-corrected chi connectivity index (χ3v) is 3.09. The number of aromatic nitrogens is 1. The van der Waals surface area contributed by atoms with Crippen LogP contribution in [-0.4, -0.2) is 11.6 Å². The summed E-state index contributed by atoms with van der Waals surface area (Å²) in [5.74, 6) is 0.938. The Hall–Kier alpha value is -2.03. The minimum absolute atomic E-state index is 0.782. The van der Waals surface area contributed by atoms with Crippen LogP contribution in [0.15, 0.2) is 48.8 Å². The zero-order chi connectivity index (χ0) is 14.0. The van der Waals surface area contributed by atoms with Gasteiger partial charge < -0.3 is 10.1 Å². The summed E-state index contributed by atoms with van der Waals surface area (Å²) < 4.78 is 5.69. The lowest BCUT2D eigenvalue weighted by Gasteiger charge is -2.09. The number of nitrogens with zero attached hydrogens (tertiary/aromatic N) is 1. The molecule has 3 heteroatoms. The van der Waals surface area contributed by atoms with Gasteiger partial charge in [0.2, 0.25) is 0 Å². The van der Waals surface area contributed by atoms with Crippen molar-refractivity contribution in [2.75, 3.05) is 11.9 Å². The number of anilines is 1. The molecule has 0 bridgehead atoms. The summed E-state index contributed by atoms with van der Waals surface area (Å²) in [6.07, 6.45) is 7.23. The summed E-state index contributed by atoms with van der Waals surface area (Å²) in [5, 5.41) is 3.37. The Balaban J connectivity index is 1.76. The molecule has 0 aliphatic heterocycles. The van der Waals surface area contributed by atoms with E-state index in [1.165, 1.54) is 18.4 Å². The second kappa shape index (κ2) is 8.20. The van der Waals surface area contributed by atoms with Crippen molar-refractivity contribution >= 4 is 5.69 Å². The molecule has 0 spiro atoms. The molecule has 0 aliphatic rings. The summed E-state index contributed by atoms with van der Waals surface area (Å²) in [6, 6.07) is 12.1. The molecule has 0 atom stereocenters. The summed E-state index contributed by atoms with van der Waals surface area (Å²) in [6.45, 7) is 3.78. The molecule has 0 radical (unpaired) electrons. The molecule has 1 aromatic heterocycles. The Morgan fingerprint density at radius 2 is 1.95 bits per heavy atom. The smallest absolute Gasteiger partial charge is 0.119 e. The van der Waals surface area contributed by atoms with E-state index in [1.54, 1.807) is 6.20 Å². The van der Waals surface area contributed by atoms with E-state index in [0.717, 1.165) is 31.0 Å². The van der Waals surface area contributed by atoms with Gasteiger partial charge in [0.15, 0.2) is 0 Å². The Morgan fingerprint density at radius 1 is 1.10 bits per heavy atom. The second-order valence-corrected chi connectivity index (χ2v) is 4.79. The minimum atomic E-state index is 0.782. The minimum Gasteiger partial charge on any atom is -0.494 e. The molecule has 20 heavy (non-hydrogen) atoms. The summed E-state index contributed by atoms with van der Waals surface area (Å²) in [5.41, 5.74) is 2.27. The zero-order valence-corrected chi connectivity index (χ0v) is 12.0. The Labute approximate surface area is 121 Å². The molecule has 0 saturated carbocycles. The van der Waals surface area contributed by atoms with Gasteiger partial charge in [-0.2, -0.15) is 0 Å². The van der Waals surface area contributed by atoms with E-state index in [1.807, 2.05) is 36.5 Å². The third-order valence-electron chi connectivity index (χ3n) is 3.09. The van der Waals surface area contributed by atoms with Gasteiger partial charge in [-0.15, -0.1) is 0 Å². The summed E-state index contributed by atoms with van der Waals surface area (Å²) in [7, 11) is 0. The van der Waals surface area contributed by atoms with Gasteiger partial charge in [-0.1, -0.05) is 25.8 Å². The van der Waals surface area contributed by atoms with Crippen molar-refractivity contribution in [1.82, 2.24) is 4.98 Å². The van der Waals surface area contributed by atoms with Crippen LogP contribution in [0, 0.1) is 0 Å². The van der Waals surface area contributed by atoms with Crippen LogP contribution >= 0.6 is 0 Å². The topological polar surface area (TPSA) is 34.1 Å². The lowest BCUT2D eigenvalue weighted by atomic mass is 10.2. The molecular formula is C17H22N2O. The van der Waals surface area contributed by atoms with E-state index in [9.17, 15) is 0 Å². The highest BCUT2D eigenvalue weighted by Gasteiger charge is 1.96. The molecule has 3 nitrogen and oxygen atoms in total. The van der Waals surface area contributed by atoms with Gasteiger partial charge in [0.25, 0.3) is 0 Å². The van der Waals surface area contributed by atoms with Crippen molar-refractivity contribution in [2.45, 2.75) is 32.7 Å². The number of pyridine rings is 1. The van der Waals surface area contributed by atoms with E-state index in [-0.39, 0.29) is 0 Å². The Bertz CT molecular complexity index is 482. The Kier molecular flexibility index (Phi) is 5.90. The maximum absolute atomic E-state index is 5.69. The number of nitrogens with one attached hydrogen (secondary N) is 1. The second-order valence-electron chi connectivity index (χ2n) is 4.79. The predicted octanol–water partition coefficient (Wildman–Crippen LogP) is 4.26. The normalized spacial score (nSPS) is 10.2. The average molecular weight is 270 g/mol. The first-order valence-electron chi connectivity index (χ1n) is 7.24. The number of unbranched alkanes of at least 4 members (excludes halogenated alkanes) is 2. The van der Waals surface area contributed by atoms with Gasteiger partial charge in [0, 0.05) is 24.6 Å². The lowest BCUT2D eigenvalue weighted by molar-refractivity contribution is 0.306. The highest BCUT2D eigenvalue weighted by atomic mass is 16.5. The van der Waals surface area contributed by atoms with E-state index >= 15 is 0 Å². The van der Waals surface area contributed by atoms with Crippen molar-refractivity contribution in [3.8, 4) is 5.75 Å². The average Bonchev–Trinajstić information content (AvgIpc) is 2.52. The standard InChI is InChI=1S/C17H22N2O/c1-2-3-4-12-20-17-9-7-16(8-10-17)19-14-15-6-5-11-18-13-15/h5-11,13,19H,2-4,12,14H2,1H3. The summed E-state index contributed by atoms with van der Waals surface area (Å²) in [4.78, 5) is 4.10. The van der Waals surface area contributed by atoms with Gasteiger partial charge in [-0.3, -0.25) is 4.98 Å². The first-order valence-corrected chi connectivity index (χ1v) is 7.24. The monoisotopic (exact) mass is 270 g/mol. The van der Waals surface area contributed by atoms with Crippen molar-refractivity contribution in [3.05, 3.63) is 54.4 Å². The highest BCUT2D eigenvalue weighted by molar-refractivity contribution is 5.46. The van der Waals surface area contributed by atoms with Crippen LogP contribution in [0.3, 0.4) is 0 Å². The van der Waals surface area contributed by atoms with Crippen LogP contribution in [-0.2, 0) is 6.54 Å². The lowest BCUT2D eigenvalue weighted by Crippen LogP contribution is -2.00. The fraction of sp³-hybridized carbons (Fsp3) is 0.353. The molecule has 0 amide bonds. The van der Waals surface area contributed by atoms with E-state index < -0.39 is 0 Å². The quantitative estimate of drug-likeness (QED) is 0.728. The maximum Gasteiger partial charge on any atom is 0.119 e.